The van der Waals surface area contributed by atoms with Gasteiger partial charge in [0.1, 0.15) is 6.04 Å². The summed E-state index contributed by atoms with van der Waals surface area (Å²) in [5.41, 5.74) is 0. The Balaban J connectivity index is 2.40. The summed E-state index contributed by atoms with van der Waals surface area (Å²) in [6, 6.07) is -2.01. The molecular formula is C11H18N2O5S. The minimum atomic E-state index is -1.41. The molecule has 0 bridgehead atoms. The molecule has 1 aliphatic rings. The van der Waals surface area contributed by atoms with Crippen LogP contribution in [0.5, 0.6) is 0 Å². The quantitative estimate of drug-likeness (QED) is 0.566. The van der Waals surface area contributed by atoms with E-state index in [9.17, 15) is 14.4 Å². The van der Waals surface area contributed by atoms with Crippen molar-refractivity contribution in [1.82, 2.24) is 10.6 Å². The minimum absolute atomic E-state index is 0.0247. The Kier molecular flexibility index (Phi) is 5.94. The predicted octanol–water partition coefficient (Wildman–Crippen LogP) is 0.498. The fourth-order valence-electron chi connectivity index (χ4n) is 2.05. The van der Waals surface area contributed by atoms with Gasteiger partial charge in [-0.25, -0.2) is 9.59 Å². The molecular weight excluding hydrogens is 272 g/mol. The van der Waals surface area contributed by atoms with Crippen LogP contribution >= 0.6 is 11.8 Å². The molecule has 7 nitrogen and oxygen atoms in total. The number of thioether (sulfide) groups is 1. The van der Waals surface area contributed by atoms with Crippen LogP contribution in [-0.4, -0.2) is 51.8 Å². The first-order valence-electron chi connectivity index (χ1n) is 5.96. The topological polar surface area (TPSA) is 116 Å². The molecule has 4 N–H and O–H groups in total. The molecule has 108 valence electrons. The Morgan fingerprint density at radius 1 is 1.32 bits per heavy atom. The highest BCUT2D eigenvalue weighted by Gasteiger charge is 2.27. The fraction of sp³-hybridized carbons (Fsp3) is 0.727. The van der Waals surface area contributed by atoms with Gasteiger partial charge >= 0.3 is 18.0 Å². The van der Waals surface area contributed by atoms with E-state index in [-0.39, 0.29) is 6.04 Å². The van der Waals surface area contributed by atoms with Gasteiger partial charge in [-0.1, -0.05) is 0 Å². The van der Waals surface area contributed by atoms with E-state index in [1.807, 2.05) is 6.26 Å². The number of carboxylic acids is 2. The van der Waals surface area contributed by atoms with Gasteiger partial charge < -0.3 is 20.8 Å². The summed E-state index contributed by atoms with van der Waals surface area (Å²) in [7, 11) is 0. The first-order chi connectivity index (χ1) is 8.92. The van der Waals surface area contributed by atoms with Gasteiger partial charge in [0.25, 0.3) is 0 Å². The van der Waals surface area contributed by atoms with Crippen LogP contribution in [0, 0.1) is 0 Å². The number of carbonyl (C=O) groups excluding carboxylic acids is 1. The van der Waals surface area contributed by atoms with Crippen LogP contribution in [0.3, 0.4) is 0 Å². The molecule has 0 aromatic carbocycles. The normalized spacial score (nSPS) is 23.6. The molecule has 0 aliphatic heterocycles. The number of rotatable bonds is 6. The Bertz CT molecular complexity index is 363. The number of hydrogen-bond donors (Lipinski definition) is 4. The SMILES string of the molecule is CSC1CCC(NC(=O)N[C@H](CC(=O)O)C(=O)O)C1. The highest BCUT2D eigenvalue weighted by atomic mass is 32.2. The summed E-state index contributed by atoms with van der Waals surface area (Å²) in [4.78, 5) is 32.9. The zero-order valence-electron chi connectivity index (χ0n) is 10.6. The van der Waals surface area contributed by atoms with Gasteiger partial charge in [0, 0.05) is 11.3 Å². The van der Waals surface area contributed by atoms with Crippen molar-refractivity contribution in [3.05, 3.63) is 0 Å². The van der Waals surface area contributed by atoms with Gasteiger partial charge in [0.05, 0.1) is 6.42 Å². The third-order valence-electron chi connectivity index (χ3n) is 3.04. The number of hydrogen-bond acceptors (Lipinski definition) is 4. The number of amides is 2. The lowest BCUT2D eigenvalue weighted by Crippen LogP contribution is -2.49. The second kappa shape index (κ2) is 7.22. The molecule has 0 radical (unpaired) electrons. The van der Waals surface area contributed by atoms with Crippen molar-refractivity contribution >= 4 is 29.7 Å². The Morgan fingerprint density at radius 3 is 2.47 bits per heavy atom. The van der Waals surface area contributed by atoms with Gasteiger partial charge in [0.2, 0.25) is 0 Å². The third-order valence-corrected chi connectivity index (χ3v) is 4.13. The Morgan fingerprint density at radius 2 is 2.00 bits per heavy atom. The van der Waals surface area contributed by atoms with Crippen molar-refractivity contribution < 1.29 is 24.6 Å². The Hall–Kier alpha value is -1.44. The van der Waals surface area contributed by atoms with Crippen molar-refractivity contribution in [2.75, 3.05) is 6.26 Å². The summed E-state index contributed by atoms with van der Waals surface area (Å²) in [6.45, 7) is 0. The summed E-state index contributed by atoms with van der Waals surface area (Å²) < 4.78 is 0. The molecule has 0 aromatic rings. The molecule has 1 saturated carbocycles. The number of carbonyl (C=O) groups is 3. The van der Waals surface area contributed by atoms with E-state index in [2.05, 4.69) is 10.6 Å². The summed E-state index contributed by atoms with van der Waals surface area (Å²) in [6.07, 6.45) is 4.10. The van der Waals surface area contributed by atoms with Crippen molar-refractivity contribution in [1.29, 1.82) is 0 Å². The molecule has 0 heterocycles. The maximum Gasteiger partial charge on any atom is 0.326 e. The molecule has 0 saturated heterocycles. The van der Waals surface area contributed by atoms with E-state index in [1.165, 1.54) is 0 Å². The van der Waals surface area contributed by atoms with Crippen LogP contribution in [0.1, 0.15) is 25.7 Å². The van der Waals surface area contributed by atoms with Gasteiger partial charge in [-0.3, -0.25) is 4.79 Å². The number of carboxylic acid groups (broad SMARTS) is 2. The monoisotopic (exact) mass is 290 g/mol. The van der Waals surface area contributed by atoms with Crippen LogP contribution in [0.4, 0.5) is 4.79 Å². The van der Waals surface area contributed by atoms with Crippen molar-refractivity contribution in [2.24, 2.45) is 0 Å². The van der Waals surface area contributed by atoms with E-state index < -0.39 is 30.4 Å². The molecule has 2 amide bonds. The molecule has 8 heteroatoms. The molecule has 1 fully saturated rings. The number of nitrogens with one attached hydrogen (secondary N) is 2. The number of aliphatic carboxylic acids is 2. The molecule has 3 atom stereocenters. The molecule has 2 unspecified atom stereocenters. The van der Waals surface area contributed by atoms with Crippen LogP contribution in [0.25, 0.3) is 0 Å². The third kappa shape index (κ3) is 5.37. The van der Waals surface area contributed by atoms with E-state index in [4.69, 9.17) is 10.2 Å². The summed E-state index contributed by atoms with van der Waals surface area (Å²) >= 11 is 1.75. The highest BCUT2D eigenvalue weighted by Crippen LogP contribution is 2.27. The van der Waals surface area contributed by atoms with Gasteiger partial charge in [-0.2, -0.15) is 11.8 Å². The standard InChI is InChI=1S/C11H18N2O5S/c1-19-7-3-2-6(4-7)12-11(18)13-8(10(16)17)5-9(14)15/h6-8H,2-5H2,1H3,(H,14,15)(H,16,17)(H2,12,13,18)/t6?,7?,8-/m1/s1. The van der Waals surface area contributed by atoms with Crippen LogP contribution in [-0.2, 0) is 9.59 Å². The lowest BCUT2D eigenvalue weighted by molar-refractivity contribution is -0.145. The zero-order chi connectivity index (χ0) is 14.4. The fourth-order valence-corrected chi connectivity index (χ4v) is 2.84. The maximum absolute atomic E-state index is 11.6. The lowest BCUT2D eigenvalue weighted by Gasteiger charge is -2.17. The molecule has 1 rings (SSSR count). The van der Waals surface area contributed by atoms with Crippen LogP contribution < -0.4 is 10.6 Å². The summed E-state index contributed by atoms with van der Waals surface area (Å²) in [5, 5.41) is 22.7. The van der Waals surface area contributed by atoms with E-state index in [0.29, 0.717) is 5.25 Å². The molecule has 1 aliphatic carbocycles. The van der Waals surface area contributed by atoms with Crippen molar-refractivity contribution in [2.45, 2.75) is 43.0 Å². The average molecular weight is 290 g/mol. The minimum Gasteiger partial charge on any atom is -0.481 e. The molecule has 0 aromatic heterocycles. The van der Waals surface area contributed by atoms with Crippen molar-refractivity contribution in [3.63, 3.8) is 0 Å². The maximum atomic E-state index is 11.6. The first kappa shape index (κ1) is 15.6. The van der Waals surface area contributed by atoms with E-state index in [0.717, 1.165) is 19.3 Å². The van der Waals surface area contributed by atoms with E-state index in [1.54, 1.807) is 11.8 Å². The van der Waals surface area contributed by atoms with Gasteiger partial charge in [-0.15, -0.1) is 0 Å². The van der Waals surface area contributed by atoms with Gasteiger partial charge in [0.15, 0.2) is 0 Å². The highest BCUT2D eigenvalue weighted by molar-refractivity contribution is 7.99. The zero-order valence-corrected chi connectivity index (χ0v) is 11.4. The molecule has 0 spiro atoms. The lowest BCUT2D eigenvalue weighted by atomic mass is 10.2. The smallest absolute Gasteiger partial charge is 0.326 e. The average Bonchev–Trinajstić information content (AvgIpc) is 2.75. The second-order valence-corrected chi connectivity index (χ2v) is 5.61. The van der Waals surface area contributed by atoms with Crippen LogP contribution in [0.15, 0.2) is 0 Å². The van der Waals surface area contributed by atoms with Crippen molar-refractivity contribution in [3.8, 4) is 0 Å². The number of urea groups is 1. The van der Waals surface area contributed by atoms with E-state index >= 15 is 0 Å². The van der Waals surface area contributed by atoms with Crippen LogP contribution in [0.2, 0.25) is 0 Å². The Labute approximate surface area is 115 Å². The predicted molar refractivity (Wildman–Crippen MR) is 70.3 cm³/mol. The molecule has 19 heavy (non-hydrogen) atoms. The summed E-state index contributed by atoms with van der Waals surface area (Å²) in [5.74, 6) is -2.62. The largest absolute Gasteiger partial charge is 0.481 e. The first-order valence-corrected chi connectivity index (χ1v) is 7.25. The van der Waals surface area contributed by atoms with Gasteiger partial charge in [-0.05, 0) is 25.5 Å². The second-order valence-electron chi connectivity index (χ2n) is 4.47.